The fourth-order valence-electron chi connectivity index (χ4n) is 9.86. The first kappa shape index (κ1) is 45.9. The maximum absolute atomic E-state index is 14.8. The Labute approximate surface area is 376 Å². The molecule has 1 heterocycles. The van der Waals surface area contributed by atoms with Crippen molar-refractivity contribution in [2.24, 2.45) is 22.9 Å². The zero-order chi connectivity index (χ0) is 44.2. The van der Waals surface area contributed by atoms with Crippen molar-refractivity contribution in [1.82, 2.24) is 4.90 Å². The second-order valence-corrected chi connectivity index (χ2v) is 17.3. The van der Waals surface area contributed by atoms with Gasteiger partial charge in [-0.15, -0.1) is 24.9 Å². The number of benzene rings is 4. The molecule has 10 nitrogen and oxygen atoms in total. The van der Waals surface area contributed by atoms with E-state index in [4.69, 9.17) is 28.9 Å². The number of aliphatic hydroxyl groups is 2. The maximum atomic E-state index is 14.8. The number of fused-ring (bicyclic) bond motifs is 3. The van der Waals surface area contributed by atoms with Gasteiger partial charge in [0.15, 0.2) is 0 Å². The van der Waals surface area contributed by atoms with E-state index in [0.29, 0.717) is 37.4 Å². The third-order valence-electron chi connectivity index (χ3n) is 12.6. The molecule has 0 aromatic heterocycles. The van der Waals surface area contributed by atoms with E-state index in [9.17, 15) is 15.0 Å². The van der Waals surface area contributed by atoms with E-state index in [-0.39, 0.29) is 57.1 Å². The van der Waals surface area contributed by atoms with E-state index < -0.39 is 23.8 Å². The van der Waals surface area contributed by atoms with Crippen LogP contribution < -0.4 is 9.47 Å². The molecular formula is C52H62N2O8S. The smallest absolute Gasteiger partial charge is 0.410 e. The van der Waals surface area contributed by atoms with Gasteiger partial charge in [-0.2, -0.15) is 0 Å². The number of hydrogen-bond acceptors (Lipinski definition) is 10. The lowest BCUT2D eigenvalue weighted by Crippen LogP contribution is -2.70. The molecule has 2 aliphatic carbocycles. The van der Waals surface area contributed by atoms with Crippen molar-refractivity contribution in [3.05, 3.63) is 133 Å². The predicted molar refractivity (Wildman–Crippen MR) is 251 cm³/mol. The van der Waals surface area contributed by atoms with Crippen molar-refractivity contribution >= 4 is 34.3 Å². The van der Waals surface area contributed by atoms with E-state index >= 15 is 0 Å². The summed E-state index contributed by atoms with van der Waals surface area (Å²) >= 11 is 1.68. The first-order chi connectivity index (χ1) is 30.9. The summed E-state index contributed by atoms with van der Waals surface area (Å²) < 4.78 is 27.2. The summed E-state index contributed by atoms with van der Waals surface area (Å²) in [5.74, 6) is 0.0917. The van der Waals surface area contributed by atoms with Crippen LogP contribution in [0, 0.1) is 17.8 Å². The number of carbonyl (C=O) groups is 1. The molecule has 4 aromatic carbocycles. The fourth-order valence-corrected chi connectivity index (χ4v) is 10.3. The van der Waals surface area contributed by atoms with Gasteiger partial charge in [-0.25, -0.2) is 4.79 Å². The number of thioether (sulfide) groups is 1. The summed E-state index contributed by atoms with van der Waals surface area (Å²) in [6.45, 7) is 10.9. The highest BCUT2D eigenvalue weighted by Crippen LogP contribution is 2.62. The summed E-state index contributed by atoms with van der Waals surface area (Å²) in [7, 11) is 0. The molecule has 1 amide bonds. The van der Waals surface area contributed by atoms with Gasteiger partial charge in [-0.05, 0) is 121 Å². The number of oxime groups is 1. The lowest BCUT2D eigenvalue weighted by Gasteiger charge is -2.59. The second-order valence-electron chi connectivity index (χ2n) is 16.4. The Hall–Kier alpha value is -5.07. The quantitative estimate of drug-likeness (QED) is 0.0344. The molecular weight excluding hydrogens is 813 g/mol. The van der Waals surface area contributed by atoms with Crippen LogP contribution in [0.5, 0.6) is 17.2 Å². The van der Waals surface area contributed by atoms with Gasteiger partial charge in [0.1, 0.15) is 29.9 Å². The molecule has 63 heavy (non-hydrogen) atoms. The molecule has 1 saturated carbocycles. The van der Waals surface area contributed by atoms with Crippen LogP contribution in [0.25, 0.3) is 10.8 Å². The van der Waals surface area contributed by atoms with Crippen LogP contribution in [0.2, 0.25) is 0 Å². The lowest BCUT2D eigenvalue weighted by atomic mass is 9.55. The van der Waals surface area contributed by atoms with Crippen LogP contribution in [0.3, 0.4) is 0 Å². The minimum atomic E-state index is -1.44. The SMILES string of the molecule is C=CCCOC(=O)N(Cc1cccc2ccccc12)C1CC(=NOCC)C2=CC(CCCCO)C(CCCCO)C3c4cc(Oc5ccc(SC)cc5)ccc4OC1(OCC=C)C23. The molecule has 2 N–H and O–H groups in total. The normalized spacial score (nSPS) is 22.9. The molecule has 1 fully saturated rings. The summed E-state index contributed by atoms with van der Waals surface area (Å²) in [6.07, 6.45) is 12.8. The highest BCUT2D eigenvalue weighted by atomic mass is 32.2. The number of nitrogens with zero attached hydrogens (tertiary/aromatic N) is 2. The van der Waals surface area contributed by atoms with Crippen molar-refractivity contribution < 1.29 is 38.8 Å². The summed E-state index contributed by atoms with van der Waals surface area (Å²) in [4.78, 5) is 23.7. The molecule has 1 aliphatic heterocycles. The highest BCUT2D eigenvalue weighted by molar-refractivity contribution is 7.98. The van der Waals surface area contributed by atoms with Crippen LogP contribution in [-0.2, 0) is 20.9 Å². The zero-order valence-corrected chi connectivity index (χ0v) is 37.5. The molecule has 0 saturated heterocycles. The molecule has 0 radical (unpaired) electrons. The Kier molecular flexibility index (Phi) is 16.1. The third-order valence-corrected chi connectivity index (χ3v) is 13.4. The second kappa shape index (κ2) is 22.0. The van der Waals surface area contributed by atoms with Crippen molar-refractivity contribution in [3.63, 3.8) is 0 Å². The van der Waals surface area contributed by atoms with Gasteiger partial charge in [0.25, 0.3) is 0 Å². The largest absolute Gasteiger partial charge is 0.459 e. The Morgan fingerprint density at radius 2 is 1.71 bits per heavy atom. The van der Waals surface area contributed by atoms with E-state index in [1.807, 2.05) is 67.8 Å². The summed E-state index contributed by atoms with van der Waals surface area (Å²) in [5, 5.41) is 26.9. The van der Waals surface area contributed by atoms with Gasteiger partial charge in [-0.3, -0.25) is 4.90 Å². The summed E-state index contributed by atoms with van der Waals surface area (Å²) in [6, 6.07) is 27.6. The number of allylic oxidation sites excluding steroid dienone is 1. The number of amides is 1. The summed E-state index contributed by atoms with van der Waals surface area (Å²) in [5.41, 5.74) is 3.63. The van der Waals surface area contributed by atoms with Crippen LogP contribution >= 0.6 is 11.8 Å². The van der Waals surface area contributed by atoms with E-state index in [1.54, 1.807) is 28.8 Å². The number of rotatable bonds is 22. The Morgan fingerprint density at radius 3 is 2.46 bits per heavy atom. The number of aliphatic hydroxyl groups excluding tert-OH is 2. The third kappa shape index (κ3) is 10.2. The molecule has 6 atom stereocenters. The Morgan fingerprint density at radius 1 is 0.952 bits per heavy atom. The fraction of sp³-hybridized carbons (Fsp3) is 0.423. The van der Waals surface area contributed by atoms with Gasteiger partial charge in [0, 0.05) is 36.0 Å². The minimum absolute atomic E-state index is 0.0626. The molecule has 0 bridgehead atoms. The standard InChI is InChI=1S/C52H62N2O8S/c1-5-8-31-58-51(57)54(35-38-19-15-18-36-16-9-10-20-42(36)38)48-34-46(53-60-7-3)44-32-37(17-11-13-28-55)43(21-12-14-29-56)49-45-33-40(61-39-22-25-41(63-4)26-23-39)24-27-47(45)62-52(48,50(44)49)59-30-6-2/h5-6,9-10,15-16,18-20,22-27,32-33,37,43,48-50,55-56H,1-2,7-8,11-14,17,21,28-31,34-35H2,3-4H3. The number of ether oxygens (including phenoxy) is 4. The van der Waals surface area contributed by atoms with Crippen LogP contribution in [0.1, 0.15) is 75.3 Å². The van der Waals surface area contributed by atoms with Gasteiger partial charge in [0.05, 0.1) is 31.4 Å². The van der Waals surface area contributed by atoms with Crippen LogP contribution in [-0.4, -0.2) is 78.0 Å². The van der Waals surface area contributed by atoms with Gasteiger partial charge in [-0.1, -0.05) is 78.7 Å². The monoisotopic (exact) mass is 874 g/mol. The number of carbonyl (C=O) groups excluding carboxylic acids is 1. The van der Waals surface area contributed by atoms with Crippen molar-refractivity contribution in [1.29, 1.82) is 0 Å². The van der Waals surface area contributed by atoms with E-state index in [0.717, 1.165) is 69.5 Å². The van der Waals surface area contributed by atoms with Crippen molar-refractivity contribution in [2.45, 2.75) is 87.5 Å². The van der Waals surface area contributed by atoms with Crippen molar-refractivity contribution in [3.8, 4) is 17.2 Å². The maximum Gasteiger partial charge on any atom is 0.410 e. The molecule has 0 spiro atoms. The lowest BCUT2D eigenvalue weighted by molar-refractivity contribution is -0.256. The average molecular weight is 875 g/mol. The Balaban J connectivity index is 1.45. The van der Waals surface area contributed by atoms with Gasteiger partial charge >= 0.3 is 6.09 Å². The van der Waals surface area contributed by atoms with E-state index in [2.05, 4.69) is 49.6 Å². The Bertz CT molecular complexity index is 2240. The molecule has 3 aliphatic rings. The topological polar surface area (TPSA) is 119 Å². The first-order valence-corrected chi connectivity index (χ1v) is 23.6. The number of unbranched alkanes of at least 4 members (excludes halogenated alkanes) is 2. The highest BCUT2D eigenvalue weighted by Gasteiger charge is 2.65. The number of hydrogen-bond donors (Lipinski definition) is 2. The van der Waals surface area contributed by atoms with Gasteiger partial charge in [0.2, 0.25) is 5.79 Å². The first-order valence-electron chi connectivity index (χ1n) is 22.4. The molecule has 6 unspecified atom stereocenters. The van der Waals surface area contributed by atoms with E-state index in [1.165, 1.54) is 0 Å². The van der Waals surface area contributed by atoms with Crippen LogP contribution in [0.15, 0.2) is 132 Å². The molecule has 7 rings (SSSR count). The van der Waals surface area contributed by atoms with Crippen molar-refractivity contribution in [2.75, 3.05) is 39.3 Å². The molecule has 4 aromatic rings. The van der Waals surface area contributed by atoms with Crippen LogP contribution in [0.4, 0.5) is 4.79 Å². The average Bonchev–Trinajstić information content (AvgIpc) is 3.31. The van der Waals surface area contributed by atoms with Gasteiger partial charge < -0.3 is 34.0 Å². The minimum Gasteiger partial charge on any atom is -0.459 e. The zero-order valence-electron chi connectivity index (χ0n) is 36.7. The predicted octanol–water partition coefficient (Wildman–Crippen LogP) is 11.2. The molecule has 11 heteroatoms. The molecule has 334 valence electrons.